The first-order chi connectivity index (χ1) is 15.4. The van der Waals surface area contributed by atoms with Crippen LogP contribution in [0.2, 0.25) is 5.02 Å². The van der Waals surface area contributed by atoms with Gasteiger partial charge in [0, 0.05) is 12.7 Å². The Morgan fingerprint density at radius 2 is 1.88 bits per heavy atom. The predicted octanol–water partition coefficient (Wildman–Crippen LogP) is 4.09. The molecule has 0 unspecified atom stereocenters. The van der Waals surface area contributed by atoms with Crippen LogP contribution in [0.1, 0.15) is 36.1 Å². The molecule has 2 amide bonds. The summed E-state index contributed by atoms with van der Waals surface area (Å²) in [5.74, 6) is 1.03. The average molecular weight is 474 g/mol. The van der Waals surface area contributed by atoms with Crippen molar-refractivity contribution >= 4 is 40.9 Å². The van der Waals surface area contributed by atoms with Gasteiger partial charge in [-0.25, -0.2) is 0 Å². The van der Waals surface area contributed by atoms with Crippen LogP contribution in [-0.4, -0.2) is 38.9 Å². The summed E-state index contributed by atoms with van der Waals surface area (Å²) < 4.78 is 7.15. The van der Waals surface area contributed by atoms with E-state index in [-0.39, 0.29) is 17.6 Å². The Morgan fingerprint density at radius 1 is 1.16 bits per heavy atom. The molecule has 32 heavy (non-hydrogen) atoms. The normalized spacial score (nSPS) is 11.6. The van der Waals surface area contributed by atoms with Crippen molar-refractivity contribution in [2.24, 2.45) is 7.05 Å². The zero-order valence-electron chi connectivity index (χ0n) is 18.0. The van der Waals surface area contributed by atoms with Gasteiger partial charge in [-0.2, -0.15) is 0 Å². The van der Waals surface area contributed by atoms with Crippen molar-refractivity contribution in [2.75, 3.05) is 17.7 Å². The second kappa shape index (κ2) is 11.0. The second-order valence-corrected chi connectivity index (χ2v) is 8.22. The number of halogens is 1. The fraction of sp³-hybridized carbons (Fsp3) is 0.273. The second-order valence-electron chi connectivity index (χ2n) is 6.87. The highest BCUT2D eigenvalue weighted by atomic mass is 35.5. The van der Waals surface area contributed by atoms with Gasteiger partial charge in [-0.1, -0.05) is 35.5 Å². The topological polar surface area (TPSA) is 98.1 Å². The molecule has 0 saturated carbocycles. The van der Waals surface area contributed by atoms with Gasteiger partial charge in [-0.3, -0.25) is 9.59 Å². The molecule has 0 aliphatic carbocycles. The fourth-order valence-electron chi connectivity index (χ4n) is 2.94. The van der Waals surface area contributed by atoms with E-state index < -0.39 is 6.04 Å². The lowest BCUT2D eigenvalue weighted by Crippen LogP contribution is -2.28. The van der Waals surface area contributed by atoms with E-state index in [2.05, 4.69) is 20.8 Å². The molecule has 2 N–H and O–H groups in total. The molecule has 0 aliphatic rings. The molecule has 1 aromatic heterocycles. The summed E-state index contributed by atoms with van der Waals surface area (Å²) in [6.07, 6.45) is 0. The molecule has 0 spiro atoms. The molecular formula is C22H24ClN5O3S. The Bertz CT molecular complexity index is 1090. The van der Waals surface area contributed by atoms with Gasteiger partial charge in [0.05, 0.1) is 29.0 Å². The number of thioether (sulfide) groups is 1. The van der Waals surface area contributed by atoms with Crippen LogP contribution >= 0.6 is 23.4 Å². The van der Waals surface area contributed by atoms with Crippen LogP contribution in [-0.2, 0) is 11.8 Å². The van der Waals surface area contributed by atoms with E-state index in [0.29, 0.717) is 33.9 Å². The molecule has 10 heteroatoms. The number of rotatable bonds is 9. The van der Waals surface area contributed by atoms with Crippen LogP contribution in [0.15, 0.2) is 53.7 Å². The first-order valence-electron chi connectivity index (χ1n) is 9.99. The van der Waals surface area contributed by atoms with E-state index in [9.17, 15) is 9.59 Å². The number of hydrogen-bond donors (Lipinski definition) is 2. The van der Waals surface area contributed by atoms with E-state index >= 15 is 0 Å². The van der Waals surface area contributed by atoms with Crippen molar-refractivity contribution in [1.29, 1.82) is 0 Å². The van der Waals surface area contributed by atoms with Crippen molar-refractivity contribution < 1.29 is 14.3 Å². The van der Waals surface area contributed by atoms with E-state index in [0.717, 1.165) is 5.75 Å². The monoisotopic (exact) mass is 473 g/mol. The number of carbonyl (C=O) groups is 2. The summed E-state index contributed by atoms with van der Waals surface area (Å²) in [7, 11) is 1.79. The SMILES string of the molecule is CCOc1ccc(NC(=O)CSc2nnc([C@H](C)NC(=O)c3ccccc3Cl)n2C)cc1. The average Bonchev–Trinajstić information content (AvgIpc) is 3.14. The molecule has 8 nitrogen and oxygen atoms in total. The maximum Gasteiger partial charge on any atom is 0.253 e. The third-order valence-corrected chi connectivity index (χ3v) is 5.85. The molecule has 0 saturated heterocycles. The van der Waals surface area contributed by atoms with E-state index in [1.807, 2.05) is 13.8 Å². The molecule has 3 rings (SSSR count). The van der Waals surface area contributed by atoms with Crippen LogP contribution in [0, 0.1) is 0 Å². The van der Waals surface area contributed by atoms with Gasteiger partial charge in [0.25, 0.3) is 5.91 Å². The number of hydrogen-bond acceptors (Lipinski definition) is 6. The number of amides is 2. The van der Waals surface area contributed by atoms with E-state index in [1.54, 1.807) is 60.1 Å². The van der Waals surface area contributed by atoms with Crippen molar-refractivity contribution in [1.82, 2.24) is 20.1 Å². The fourth-order valence-corrected chi connectivity index (χ4v) is 3.88. The summed E-state index contributed by atoms with van der Waals surface area (Å²) in [5, 5.41) is 15.0. The number of nitrogens with one attached hydrogen (secondary N) is 2. The zero-order chi connectivity index (χ0) is 23.1. The van der Waals surface area contributed by atoms with Crippen LogP contribution < -0.4 is 15.4 Å². The smallest absolute Gasteiger partial charge is 0.253 e. The maximum absolute atomic E-state index is 12.5. The molecule has 3 aromatic rings. The lowest BCUT2D eigenvalue weighted by molar-refractivity contribution is -0.113. The standard InChI is InChI=1S/C22H24ClN5O3S/c1-4-31-16-11-9-15(10-12-16)25-19(29)13-32-22-27-26-20(28(22)3)14(2)24-21(30)17-7-5-6-8-18(17)23/h5-12,14H,4,13H2,1-3H3,(H,24,30)(H,25,29)/t14-/m0/s1. The molecule has 0 aliphatic heterocycles. The van der Waals surface area contributed by atoms with Crippen molar-refractivity contribution in [3.8, 4) is 5.75 Å². The predicted molar refractivity (Wildman–Crippen MR) is 125 cm³/mol. The Hall–Kier alpha value is -3.04. The molecule has 168 valence electrons. The lowest BCUT2D eigenvalue weighted by atomic mass is 10.2. The van der Waals surface area contributed by atoms with Crippen molar-refractivity contribution in [3.63, 3.8) is 0 Å². The summed E-state index contributed by atoms with van der Waals surface area (Å²) in [5.41, 5.74) is 1.08. The van der Waals surface area contributed by atoms with Gasteiger partial charge >= 0.3 is 0 Å². The highest BCUT2D eigenvalue weighted by Crippen LogP contribution is 2.21. The summed E-state index contributed by atoms with van der Waals surface area (Å²) in [6, 6.07) is 13.6. The Morgan fingerprint density at radius 3 is 2.56 bits per heavy atom. The molecule has 2 aromatic carbocycles. The van der Waals surface area contributed by atoms with Gasteiger partial charge in [-0.05, 0) is 50.2 Å². The largest absolute Gasteiger partial charge is 0.494 e. The first-order valence-corrected chi connectivity index (χ1v) is 11.4. The Balaban J connectivity index is 1.55. The zero-order valence-corrected chi connectivity index (χ0v) is 19.5. The lowest BCUT2D eigenvalue weighted by Gasteiger charge is -2.14. The van der Waals surface area contributed by atoms with Gasteiger partial charge in [0.1, 0.15) is 5.75 Å². The minimum atomic E-state index is -0.400. The molecule has 1 atom stereocenters. The summed E-state index contributed by atoms with van der Waals surface area (Å²) in [6.45, 7) is 4.31. The van der Waals surface area contributed by atoms with E-state index in [4.69, 9.17) is 16.3 Å². The number of benzene rings is 2. The number of anilines is 1. The number of aromatic nitrogens is 3. The number of carbonyl (C=O) groups excluding carboxylic acids is 2. The van der Waals surface area contributed by atoms with Gasteiger partial charge in [0.15, 0.2) is 11.0 Å². The van der Waals surface area contributed by atoms with Crippen LogP contribution in [0.4, 0.5) is 5.69 Å². The molecule has 0 bridgehead atoms. The summed E-state index contributed by atoms with van der Waals surface area (Å²) >= 11 is 7.35. The van der Waals surface area contributed by atoms with Crippen LogP contribution in [0.25, 0.3) is 0 Å². The van der Waals surface area contributed by atoms with Crippen molar-refractivity contribution in [2.45, 2.75) is 25.0 Å². The number of nitrogens with zero attached hydrogens (tertiary/aromatic N) is 3. The number of ether oxygens (including phenoxy) is 1. The van der Waals surface area contributed by atoms with Crippen LogP contribution in [0.3, 0.4) is 0 Å². The highest BCUT2D eigenvalue weighted by molar-refractivity contribution is 7.99. The molecule has 1 heterocycles. The van der Waals surface area contributed by atoms with E-state index in [1.165, 1.54) is 11.8 Å². The Labute approximate surface area is 195 Å². The quantitative estimate of drug-likeness (QED) is 0.454. The third kappa shape index (κ3) is 6.02. The molecule has 0 fully saturated rings. The third-order valence-electron chi connectivity index (χ3n) is 4.50. The molecule has 0 radical (unpaired) electrons. The van der Waals surface area contributed by atoms with Crippen molar-refractivity contribution in [3.05, 3.63) is 64.9 Å². The summed E-state index contributed by atoms with van der Waals surface area (Å²) in [4.78, 5) is 24.8. The Kier molecular flexibility index (Phi) is 8.13. The highest BCUT2D eigenvalue weighted by Gasteiger charge is 2.20. The van der Waals surface area contributed by atoms with Crippen LogP contribution in [0.5, 0.6) is 5.75 Å². The van der Waals surface area contributed by atoms with Gasteiger partial charge in [0.2, 0.25) is 5.91 Å². The minimum absolute atomic E-state index is 0.163. The van der Waals surface area contributed by atoms with Gasteiger partial charge < -0.3 is 19.9 Å². The molecular weight excluding hydrogens is 450 g/mol. The minimum Gasteiger partial charge on any atom is -0.494 e. The maximum atomic E-state index is 12.5. The van der Waals surface area contributed by atoms with Gasteiger partial charge in [-0.15, -0.1) is 10.2 Å². The first kappa shape index (κ1) is 23.6.